The molecule has 0 spiro atoms. The average molecular weight is 337 g/mol. The molecule has 1 aliphatic rings. The van der Waals surface area contributed by atoms with Gasteiger partial charge in [-0.1, -0.05) is 30.3 Å². The van der Waals surface area contributed by atoms with Gasteiger partial charge < -0.3 is 4.90 Å². The van der Waals surface area contributed by atoms with Crippen molar-refractivity contribution in [2.24, 2.45) is 0 Å². The van der Waals surface area contributed by atoms with Gasteiger partial charge in [-0.15, -0.1) is 0 Å². The highest BCUT2D eigenvalue weighted by molar-refractivity contribution is 5.96. The molecule has 2 aromatic rings. The third kappa shape index (κ3) is 4.23. The van der Waals surface area contributed by atoms with Crippen molar-refractivity contribution in [3.8, 4) is 0 Å². The molecular formula is C19H19N3O3. The van der Waals surface area contributed by atoms with Crippen molar-refractivity contribution in [2.75, 3.05) is 11.4 Å². The zero-order valence-corrected chi connectivity index (χ0v) is 13.7. The Bertz CT molecular complexity index is 772. The third-order valence-electron chi connectivity index (χ3n) is 4.04. The summed E-state index contributed by atoms with van der Waals surface area (Å²) in [4.78, 5) is 37.3. The molecule has 0 saturated carbocycles. The van der Waals surface area contributed by atoms with Crippen LogP contribution in [0.4, 0.5) is 5.69 Å². The van der Waals surface area contributed by atoms with Crippen LogP contribution < -0.4 is 15.8 Å². The molecule has 0 atom stereocenters. The van der Waals surface area contributed by atoms with Crippen molar-refractivity contribution in [1.29, 1.82) is 0 Å². The fourth-order valence-electron chi connectivity index (χ4n) is 2.73. The van der Waals surface area contributed by atoms with Gasteiger partial charge >= 0.3 is 0 Å². The van der Waals surface area contributed by atoms with Crippen LogP contribution in [0.2, 0.25) is 0 Å². The predicted molar refractivity (Wildman–Crippen MR) is 93.8 cm³/mol. The van der Waals surface area contributed by atoms with Crippen molar-refractivity contribution in [2.45, 2.75) is 19.3 Å². The highest BCUT2D eigenvalue weighted by Crippen LogP contribution is 2.21. The van der Waals surface area contributed by atoms with Crippen molar-refractivity contribution >= 4 is 23.4 Å². The molecule has 2 aromatic carbocycles. The molecule has 0 bridgehead atoms. The molecule has 0 radical (unpaired) electrons. The zero-order chi connectivity index (χ0) is 17.6. The monoisotopic (exact) mass is 337 g/mol. The van der Waals surface area contributed by atoms with Gasteiger partial charge in [-0.3, -0.25) is 25.2 Å². The summed E-state index contributed by atoms with van der Waals surface area (Å²) in [6.45, 7) is 0.740. The summed E-state index contributed by atoms with van der Waals surface area (Å²) >= 11 is 0. The molecule has 0 unspecified atom stereocenters. The maximum Gasteiger partial charge on any atom is 0.269 e. The molecule has 128 valence electrons. The SMILES string of the molecule is O=C(Cc1ccc(N2CCCC2=O)cc1)NNC(=O)c1ccccc1. The van der Waals surface area contributed by atoms with Gasteiger partial charge in [0.25, 0.3) is 5.91 Å². The normalized spacial score (nSPS) is 13.6. The van der Waals surface area contributed by atoms with E-state index in [9.17, 15) is 14.4 Å². The molecule has 1 heterocycles. The van der Waals surface area contributed by atoms with E-state index in [0.717, 1.165) is 24.2 Å². The lowest BCUT2D eigenvalue weighted by Gasteiger charge is -2.15. The number of hydrogen-bond acceptors (Lipinski definition) is 3. The fourth-order valence-corrected chi connectivity index (χ4v) is 2.73. The Morgan fingerprint density at radius 3 is 2.32 bits per heavy atom. The lowest BCUT2D eigenvalue weighted by molar-refractivity contribution is -0.121. The number of hydrogen-bond donors (Lipinski definition) is 2. The van der Waals surface area contributed by atoms with Crippen LogP contribution >= 0.6 is 0 Å². The van der Waals surface area contributed by atoms with E-state index in [1.54, 1.807) is 29.2 Å². The molecule has 2 N–H and O–H groups in total. The Hall–Kier alpha value is -3.15. The van der Waals surface area contributed by atoms with E-state index >= 15 is 0 Å². The number of benzene rings is 2. The molecule has 6 nitrogen and oxygen atoms in total. The molecule has 0 aliphatic carbocycles. The Morgan fingerprint density at radius 1 is 0.960 bits per heavy atom. The second-order valence-corrected chi connectivity index (χ2v) is 5.86. The van der Waals surface area contributed by atoms with E-state index in [2.05, 4.69) is 10.9 Å². The summed E-state index contributed by atoms with van der Waals surface area (Å²) in [5.74, 6) is -0.541. The molecule has 3 rings (SSSR count). The number of carbonyl (C=O) groups is 3. The lowest BCUT2D eigenvalue weighted by atomic mass is 10.1. The smallest absolute Gasteiger partial charge is 0.269 e. The van der Waals surface area contributed by atoms with E-state index in [0.29, 0.717) is 12.0 Å². The van der Waals surface area contributed by atoms with Crippen molar-refractivity contribution in [1.82, 2.24) is 10.9 Å². The summed E-state index contributed by atoms with van der Waals surface area (Å²) in [7, 11) is 0. The number of nitrogens with one attached hydrogen (secondary N) is 2. The largest absolute Gasteiger partial charge is 0.312 e. The Labute approximate surface area is 145 Å². The first-order chi connectivity index (χ1) is 12.1. The second kappa shape index (κ2) is 7.61. The number of rotatable bonds is 4. The Morgan fingerprint density at radius 2 is 1.68 bits per heavy atom. The first-order valence-corrected chi connectivity index (χ1v) is 8.17. The van der Waals surface area contributed by atoms with E-state index in [1.165, 1.54) is 0 Å². The van der Waals surface area contributed by atoms with Gasteiger partial charge in [0.1, 0.15) is 0 Å². The summed E-state index contributed by atoms with van der Waals surface area (Å²) in [5.41, 5.74) is 6.93. The average Bonchev–Trinajstić information content (AvgIpc) is 3.07. The first-order valence-electron chi connectivity index (χ1n) is 8.17. The number of hydrazine groups is 1. The summed E-state index contributed by atoms with van der Waals surface area (Å²) in [6, 6.07) is 16.0. The van der Waals surface area contributed by atoms with Crippen molar-refractivity contribution in [3.63, 3.8) is 0 Å². The van der Waals surface area contributed by atoms with Gasteiger partial charge in [-0.25, -0.2) is 0 Å². The summed E-state index contributed by atoms with van der Waals surface area (Å²) in [5, 5.41) is 0. The fraction of sp³-hybridized carbons (Fsp3) is 0.211. The maximum atomic E-state index is 12.0. The predicted octanol–water partition coefficient (Wildman–Crippen LogP) is 1.82. The first kappa shape index (κ1) is 16.7. The Balaban J connectivity index is 1.51. The molecule has 1 aliphatic heterocycles. The second-order valence-electron chi connectivity index (χ2n) is 5.86. The highest BCUT2D eigenvalue weighted by Gasteiger charge is 2.21. The maximum absolute atomic E-state index is 12.0. The zero-order valence-electron chi connectivity index (χ0n) is 13.7. The molecule has 1 fully saturated rings. The number of nitrogens with zero attached hydrogens (tertiary/aromatic N) is 1. The van der Waals surface area contributed by atoms with Crippen LogP contribution in [0.25, 0.3) is 0 Å². The van der Waals surface area contributed by atoms with Gasteiger partial charge in [-0.2, -0.15) is 0 Å². The van der Waals surface area contributed by atoms with Gasteiger partial charge in [-0.05, 0) is 36.2 Å². The minimum atomic E-state index is -0.364. The van der Waals surface area contributed by atoms with Gasteiger partial charge in [0.15, 0.2) is 0 Å². The number of anilines is 1. The van der Waals surface area contributed by atoms with Crippen LogP contribution in [0.1, 0.15) is 28.8 Å². The Kier molecular flexibility index (Phi) is 5.09. The minimum absolute atomic E-state index is 0.133. The third-order valence-corrected chi connectivity index (χ3v) is 4.04. The van der Waals surface area contributed by atoms with Crippen LogP contribution in [-0.4, -0.2) is 24.3 Å². The lowest BCUT2D eigenvalue weighted by Crippen LogP contribution is -2.42. The van der Waals surface area contributed by atoms with E-state index in [4.69, 9.17) is 0 Å². The topological polar surface area (TPSA) is 78.5 Å². The molecule has 0 aromatic heterocycles. The van der Waals surface area contributed by atoms with Crippen molar-refractivity contribution < 1.29 is 14.4 Å². The van der Waals surface area contributed by atoms with Gasteiger partial charge in [0.2, 0.25) is 11.8 Å². The molecule has 3 amide bonds. The minimum Gasteiger partial charge on any atom is -0.312 e. The molecule has 25 heavy (non-hydrogen) atoms. The van der Waals surface area contributed by atoms with E-state index in [-0.39, 0.29) is 24.1 Å². The number of carbonyl (C=O) groups excluding carboxylic acids is 3. The van der Waals surface area contributed by atoms with Crippen LogP contribution in [-0.2, 0) is 16.0 Å². The highest BCUT2D eigenvalue weighted by atomic mass is 16.2. The standard InChI is InChI=1S/C19H19N3O3/c23-17(20-21-19(25)15-5-2-1-3-6-15)13-14-8-10-16(11-9-14)22-12-4-7-18(22)24/h1-3,5-6,8-11H,4,7,12-13H2,(H,20,23)(H,21,25). The molecular weight excluding hydrogens is 318 g/mol. The number of amides is 3. The molecule has 1 saturated heterocycles. The quantitative estimate of drug-likeness (QED) is 0.835. The summed E-state index contributed by atoms with van der Waals surface area (Å²) in [6.07, 6.45) is 1.61. The van der Waals surface area contributed by atoms with Crippen LogP contribution in [0.15, 0.2) is 54.6 Å². The van der Waals surface area contributed by atoms with Crippen LogP contribution in [0.3, 0.4) is 0 Å². The molecule has 6 heteroatoms. The van der Waals surface area contributed by atoms with Gasteiger partial charge in [0, 0.05) is 24.2 Å². The van der Waals surface area contributed by atoms with Crippen LogP contribution in [0, 0.1) is 0 Å². The van der Waals surface area contributed by atoms with Crippen molar-refractivity contribution in [3.05, 3.63) is 65.7 Å². The summed E-state index contributed by atoms with van der Waals surface area (Å²) < 4.78 is 0. The van der Waals surface area contributed by atoms with E-state index < -0.39 is 0 Å². The van der Waals surface area contributed by atoms with E-state index in [1.807, 2.05) is 30.3 Å². The van der Waals surface area contributed by atoms with Gasteiger partial charge in [0.05, 0.1) is 6.42 Å². The van der Waals surface area contributed by atoms with Crippen LogP contribution in [0.5, 0.6) is 0 Å².